The van der Waals surface area contributed by atoms with Gasteiger partial charge in [-0.1, -0.05) is 133 Å². The summed E-state index contributed by atoms with van der Waals surface area (Å²) in [5.74, 6) is 4.36. The molecular formula is C48H29N5O2. The Morgan fingerprint density at radius 2 is 0.764 bits per heavy atom. The van der Waals surface area contributed by atoms with Gasteiger partial charge in [-0.25, -0.2) is 15.0 Å². The van der Waals surface area contributed by atoms with Crippen LogP contribution in [-0.4, -0.2) is 25.1 Å². The van der Waals surface area contributed by atoms with Gasteiger partial charge in [-0.15, -0.1) is 10.2 Å². The van der Waals surface area contributed by atoms with E-state index in [4.69, 9.17) is 24.1 Å². The van der Waals surface area contributed by atoms with E-state index in [2.05, 4.69) is 70.9 Å². The van der Waals surface area contributed by atoms with Gasteiger partial charge in [0.25, 0.3) is 0 Å². The average molecular weight is 708 g/mol. The Morgan fingerprint density at radius 1 is 0.345 bits per heavy atom. The summed E-state index contributed by atoms with van der Waals surface area (Å²) < 4.78 is 12.9. The van der Waals surface area contributed by atoms with E-state index in [1.165, 1.54) is 0 Å². The molecule has 2 aromatic heterocycles. The van der Waals surface area contributed by atoms with E-state index in [1.54, 1.807) is 0 Å². The molecule has 0 saturated carbocycles. The van der Waals surface area contributed by atoms with Crippen LogP contribution in [0, 0.1) is 0 Å². The van der Waals surface area contributed by atoms with E-state index in [-0.39, 0.29) is 0 Å². The third kappa shape index (κ3) is 4.87. The van der Waals surface area contributed by atoms with Crippen LogP contribution in [0.1, 0.15) is 22.3 Å². The van der Waals surface area contributed by atoms with Gasteiger partial charge in [-0.3, -0.25) is 0 Å². The highest BCUT2D eigenvalue weighted by atomic mass is 16.5. The van der Waals surface area contributed by atoms with Gasteiger partial charge in [0.05, 0.1) is 5.41 Å². The van der Waals surface area contributed by atoms with E-state index in [9.17, 15) is 0 Å². The maximum atomic E-state index is 6.63. The van der Waals surface area contributed by atoms with Gasteiger partial charge >= 0.3 is 0 Å². The summed E-state index contributed by atoms with van der Waals surface area (Å²) >= 11 is 0. The molecule has 3 heterocycles. The molecule has 11 rings (SSSR count). The van der Waals surface area contributed by atoms with Crippen molar-refractivity contribution < 1.29 is 9.15 Å². The fraction of sp³-hybridized carbons (Fsp3) is 0.0208. The van der Waals surface area contributed by atoms with Crippen molar-refractivity contribution in [1.82, 2.24) is 25.1 Å². The van der Waals surface area contributed by atoms with Crippen LogP contribution in [0.5, 0.6) is 11.5 Å². The molecule has 2 aliphatic rings. The predicted octanol–water partition coefficient (Wildman–Crippen LogP) is 11.1. The summed E-state index contributed by atoms with van der Waals surface area (Å²) in [5, 5.41) is 8.94. The number of hydrogen-bond donors (Lipinski definition) is 0. The molecule has 0 atom stereocenters. The molecule has 1 aliphatic carbocycles. The fourth-order valence-electron chi connectivity index (χ4n) is 8.15. The predicted molar refractivity (Wildman–Crippen MR) is 212 cm³/mol. The first-order valence-electron chi connectivity index (χ1n) is 18.2. The number of benzene rings is 7. The van der Waals surface area contributed by atoms with Crippen molar-refractivity contribution in [3.05, 3.63) is 198 Å². The van der Waals surface area contributed by atoms with E-state index < -0.39 is 5.41 Å². The molecule has 0 unspecified atom stereocenters. The van der Waals surface area contributed by atoms with E-state index in [0.717, 1.165) is 72.7 Å². The van der Waals surface area contributed by atoms with Crippen molar-refractivity contribution in [2.24, 2.45) is 0 Å². The Labute approximate surface area is 316 Å². The monoisotopic (exact) mass is 707 g/mol. The quantitative estimate of drug-likeness (QED) is 0.176. The standard InChI is InChI=1S/C48H29N5O2/c1-4-14-30(15-5-1)43-49-44(31-16-6-2-7-17-31)51-45(50-43)33-24-26-35-36-27-25-34(47-53-52-46(55-47)32-18-8-3-9-19-32)29-40(36)48(39(35)28-33)37-20-10-12-22-41(37)54-42-23-13-11-21-38(42)48/h1-29H. The zero-order valence-electron chi connectivity index (χ0n) is 29.3. The van der Waals surface area contributed by atoms with Gasteiger partial charge in [0.15, 0.2) is 17.5 Å². The molecule has 0 bridgehead atoms. The highest BCUT2D eigenvalue weighted by Crippen LogP contribution is 2.62. The van der Waals surface area contributed by atoms with Gasteiger partial charge in [0, 0.05) is 38.9 Å². The Kier molecular flexibility index (Phi) is 6.94. The number of fused-ring (bicyclic) bond motifs is 9. The highest BCUT2D eigenvalue weighted by molar-refractivity contribution is 5.91. The Morgan fingerprint density at radius 3 is 1.31 bits per heavy atom. The van der Waals surface area contributed by atoms with Crippen molar-refractivity contribution in [2.45, 2.75) is 5.41 Å². The van der Waals surface area contributed by atoms with Crippen LogP contribution < -0.4 is 4.74 Å². The molecule has 0 fully saturated rings. The lowest BCUT2D eigenvalue weighted by Crippen LogP contribution is -2.32. The van der Waals surface area contributed by atoms with Crippen LogP contribution >= 0.6 is 0 Å². The Hall–Kier alpha value is -7.51. The molecule has 0 saturated heterocycles. The number of aromatic nitrogens is 5. The van der Waals surface area contributed by atoms with Gasteiger partial charge < -0.3 is 9.15 Å². The second-order valence-corrected chi connectivity index (χ2v) is 13.7. The van der Waals surface area contributed by atoms with E-state index in [0.29, 0.717) is 29.3 Å². The summed E-state index contributed by atoms with van der Waals surface area (Å²) in [4.78, 5) is 15.2. The Balaban J connectivity index is 1.15. The van der Waals surface area contributed by atoms with Crippen molar-refractivity contribution >= 4 is 0 Å². The second kappa shape index (κ2) is 12.3. The summed E-state index contributed by atoms with van der Waals surface area (Å²) in [6, 6.07) is 59.6. The summed E-state index contributed by atoms with van der Waals surface area (Å²) in [7, 11) is 0. The lowest BCUT2D eigenvalue weighted by molar-refractivity contribution is 0.436. The first-order valence-corrected chi connectivity index (χ1v) is 18.2. The van der Waals surface area contributed by atoms with Crippen molar-refractivity contribution in [1.29, 1.82) is 0 Å². The maximum absolute atomic E-state index is 6.63. The second-order valence-electron chi connectivity index (χ2n) is 13.7. The van der Waals surface area contributed by atoms with Crippen LogP contribution in [0.4, 0.5) is 0 Å². The number of para-hydroxylation sites is 2. The summed E-state index contributed by atoms with van der Waals surface area (Å²) in [6.45, 7) is 0. The molecule has 1 spiro atoms. The van der Waals surface area contributed by atoms with E-state index >= 15 is 0 Å². The zero-order chi connectivity index (χ0) is 36.3. The van der Waals surface area contributed by atoms with Crippen molar-refractivity contribution in [2.75, 3.05) is 0 Å². The molecule has 7 aromatic carbocycles. The lowest BCUT2D eigenvalue weighted by atomic mass is 9.66. The third-order valence-electron chi connectivity index (χ3n) is 10.6. The smallest absolute Gasteiger partial charge is 0.248 e. The summed E-state index contributed by atoms with van der Waals surface area (Å²) in [6.07, 6.45) is 0. The van der Waals surface area contributed by atoms with Gasteiger partial charge in [0.2, 0.25) is 11.8 Å². The molecule has 1 aliphatic heterocycles. The minimum absolute atomic E-state index is 0.453. The molecule has 7 nitrogen and oxygen atoms in total. The highest BCUT2D eigenvalue weighted by Gasteiger charge is 2.51. The molecular weight excluding hydrogens is 679 g/mol. The molecule has 0 N–H and O–H groups in total. The van der Waals surface area contributed by atoms with Crippen LogP contribution in [0.3, 0.4) is 0 Å². The number of nitrogens with zero attached hydrogens (tertiary/aromatic N) is 5. The first-order chi connectivity index (χ1) is 27.2. The minimum atomic E-state index is -0.748. The summed E-state index contributed by atoms with van der Waals surface area (Å²) in [5.41, 5.74) is 10.2. The van der Waals surface area contributed by atoms with Gasteiger partial charge in [-0.2, -0.15) is 0 Å². The molecule has 9 aromatic rings. The normalized spacial score (nSPS) is 13.0. The number of hydrogen-bond acceptors (Lipinski definition) is 7. The van der Waals surface area contributed by atoms with Crippen LogP contribution in [0.2, 0.25) is 0 Å². The lowest BCUT2D eigenvalue weighted by Gasteiger charge is -2.39. The molecule has 258 valence electrons. The van der Waals surface area contributed by atoms with Crippen molar-refractivity contribution in [3.63, 3.8) is 0 Å². The van der Waals surface area contributed by atoms with Gasteiger partial charge in [0.1, 0.15) is 11.5 Å². The van der Waals surface area contributed by atoms with Crippen LogP contribution in [0.25, 0.3) is 68.2 Å². The van der Waals surface area contributed by atoms with Crippen LogP contribution in [-0.2, 0) is 5.41 Å². The van der Waals surface area contributed by atoms with E-state index in [1.807, 2.05) is 115 Å². The first kappa shape index (κ1) is 31.1. The third-order valence-corrected chi connectivity index (χ3v) is 10.6. The molecule has 0 amide bonds. The molecule has 7 heteroatoms. The molecule has 55 heavy (non-hydrogen) atoms. The largest absolute Gasteiger partial charge is 0.457 e. The average Bonchev–Trinajstić information content (AvgIpc) is 3.87. The van der Waals surface area contributed by atoms with Gasteiger partial charge in [-0.05, 0) is 64.7 Å². The zero-order valence-corrected chi connectivity index (χ0v) is 29.3. The SMILES string of the molecule is c1ccc(-c2nc(-c3ccccc3)nc(-c3ccc4c(c3)C3(c5ccccc5Oc5ccccc53)c3cc(-c5nnc(-c6ccccc6)o5)ccc3-4)n2)cc1. The van der Waals surface area contributed by atoms with Crippen molar-refractivity contribution in [3.8, 4) is 79.7 Å². The minimum Gasteiger partial charge on any atom is -0.457 e. The van der Waals surface area contributed by atoms with Crippen LogP contribution in [0.15, 0.2) is 180 Å². The maximum Gasteiger partial charge on any atom is 0.248 e. The number of rotatable bonds is 5. The number of ether oxygens (including phenoxy) is 1. The fourth-order valence-corrected chi connectivity index (χ4v) is 8.15. The topological polar surface area (TPSA) is 86.8 Å². The Bertz CT molecular complexity index is 2810. The molecule has 0 radical (unpaired) electrons.